The van der Waals surface area contributed by atoms with Crippen LogP contribution in [-0.4, -0.2) is 48.6 Å². The van der Waals surface area contributed by atoms with Crippen LogP contribution in [0.1, 0.15) is 44.9 Å². The van der Waals surface area contributed by atoms with Gasteiger partial charge in [0, 0.05) is 12.1 Å². The Morgan fingerprint density at radius 3 is 2.88 bits per heavy atom. The van der Waals surface area contributed by atoms with E-state index in [1.54, 1.807) is 0 Å². The number of rotatable bonds is 6. The zero-order valence-electron chi connectivity index (χ0n) is 11.3. The lowest BCUT2D eigenvalue weighted by Gasteiger charge is -2.39. The van der Waals surface area contributed by atoms with E-state index in [4.69, 9.17) is 0 Å². The summed E-state index contributed by atoms with van der Waals surface area (Å²) in [5.74, 6) is 1.33. The molecular weight excluding hydrogens is 228 g/mol. The Morgan fingerprint density at radius 1 is 1.18 bits per heavy atom. The summed E-state index contributed by atoms with van der Waals surface area (Å²) in [6.07, 6.45) is 12.1. The molecule has 0 aliphatic carbocycles. The summed E-state index contributed by atoms with van der Waals surface area (Å²) >= 11 is 1.98. The normalized spacial score (nSPS) is 30.9. The first kappa shape index (κ1) is 13.7. The number of unbranched alkanes of at least 4 members (excludes halogenated alkanes) is 1. The van der Waals surface area contributed by atoms with Gasteiger partial charge in [-0.1, -0.05) is 6.42 Å². The van der Waals surface area contributed by atoms with Gasteiger partial charge < -0.3 is 5.32 Å². The third-order valence-electron chi connectivity index (χ3n) is 4.27. The molecule has 2 unspecified atom stereocenters. The topological polar surface area (TPSA) is 15.3 Å². The van der Waals surface area contributed by atoms with Crippen molar-refractivity contribution in [1.29, 1.82) is 0 Å². The molecule has 2 fully saturated rings. The number of nitrogens with one attached hydrogen (secondary N) is 1. The number of hydrogen-bond acceptors (Lipinski definition) is 3. The van der Waals surface area contributed by atoms with Crippen LogP contribution in [0.15, 0.2) is 0 Å². The second-order valence-electron chi connectivity index (χ2n) is 5.50. The van der Waals surface area contributed by atoms with Crippen LogP contribution in [0, 0.1) is 0 Å². The van der Waals surface area contributed by atoms with Crippen LogP contribution in [0.3, 0.4) is 0 Å². The molecule has 2 atom stereocenters. The molecule has 3 heteroatoms. The quantitative estimate of drug-likeness (QED) is 0.736. The molecule has 0 aromatic heterocycles. The lowest BCUT2D eigenvalue weighted by atomic mass is 9.94. The predicted octanol–water partition coefficient (Wildman–Crippen LogP) is 2.74. The molecule has 0 bridgehead atoms. The van der Waals surface area contributed by atoms with E-state index in [1.807, 2.05) is 11.8 Å². The van der Waals surface area contributed by atoms with E-state index in [0.717, 1.165) is 12.1 Å². The van der Waals surface area contributed by atoms with Crippen molar-refractivity contribution in [2.45, 2.75) is 57.0 Å². The highest BCUT2D eigenvalue weighted by molar-refractivity contribution is 7.98. The summed E-state index contributed by atoms with van der Waals surface area (Å²) < 4.78 is 0. The van der Waals surface area contributed by atoms with Gasteiger partial charge in [0.2, 0.25) is 0 Å². The molecule has 17 heavy (non-hydrogen) atoms. The Balaban J connectivity index is 1.75. The van der Waals surface area contributed by atoms with Gasteiger partial charge in [-0.15, -0.1) is 0 Å². The number of nitrogens with zero attached hydrogens (tertiary/aromatic N) is 1. The maximum atomic E-state index is 3.71. The smallest absolute Gasteiger partial charge is 0.0249 e. The van der Waals surface area contributed by atoms with E-state index < -0.39 is 0 Å². The summed E-state index contributed by atoms with van der Waals surface area (Å²) in [6, 6.07) is 1.65. The van der Waals surface area contributed by atoms with Crippen LogP contribution in [0.4, 0.5) is 0 Å². The second kappa shape index (κ2) is 7.65. The van der Waals surface area contributed by atoms with E-state index in [0.29, 0.717) is 0 Å². The van der Waals surface area contributed by atoms with Gasteiger partial charge in [0.05, 0.1) is 0 Å². The first-order valence-corrected chi connectivity index (χ1v) is 8.77. The summed E-state index contributed by atoms with van der Waals surface area (Å²) in [4.78, 5) is 2.78. The number of thioether (sulfide) groups is 1. The van der Waals surface area contributed by atoms with Crippen LogP contribution in [0.5, 0.6) is 0 Å². The van der Waals surface area contributed by atoms with Gasteiger partial charge in [0.1, 0.15) is 0 Å². The molecule has 0 saturated carbocycles. The molecule has 0 amide bonds. The molecule has 0 spiro atoms. The summed E-state index contributed by atoms with van der Waals surface area (Å²) in [7, 11) is 0. The van der Waals surface area contributed by atoms with Crippen molar-refractivity contribution in [2.75, 3.05) is 31.6 Å². The number of piperidine rings is 1. The Morgan fingerprint density at radius 2 is 2.12 bits per heavy atom. The van der Waals surface area contributed by atoms with Crippen LogP contribution in [0.2, 0.25) is 0 Å². The molecule has 2 nitrogen and oxygen atoms in total. The van der Waals surface area contributed by atoms with E-state index >= 15 is 0 Å². The maximum Gasteiger partial charge on any atom is 0.0249 e. The molecule has 0 radical (unpaired) electrons. The molecule has 2 saturated heterocycles. The minimum atomic E-state index is 0.802. The Hall–Kier alpha value is 0.270. The molecule has 1 N–H and O–H groups in total. The minimum Gasteiger partial charge on any atom is -0.312 e. The fraction of sp³-hybridized carbons (Fsp3) is 1.00. The van der Waals surface area contributed by atoms with Crippen molar-refractivity contribution in [3.05, 3.63) is 0 Å². The first-order valence-electron chi connectivity index (χ1n) is 7.38. The Bertz CT molecular complexity index is 204. The largest absolute Gasteiger partial charge is 0.312 e. The van der Waals surface area contributed by atoms with Crippen LogP contribution in [0.25, 0.3) is 0 Å². The zero-order valence-corrected chi connectivity index (χ0v) is 12.1. The SMILES string of the molecule is CSCCCCN1CCCCC1C1CCCN1. The molecule has 2 aliphatic heterocycles. The van der Waals surface area contributed by atoms with Crippen LogP contribution in [-0.2, 0) is 0 Å². The van der Waals surface area contributed by atoms with Crippen molar-refractivity contribution in [3.63, 3.8) is 0 Å². The van der Waals surface area contributed by atoms with Crippen LogP contribution < -0.4 is 5.32 Å². The van der Waals surface area contributed by atoms with Crippen molar-refractivity contribution in [2.24, 2.45) is 0 Å². The monoisotopic (exact) mass is 256 g/mol. The van der Waals surface area contributed by atoms with E-state index in [-0.39, 0.29) is 0 Å². The fourth-order valence-corrected chi connectivity index (χ4v) is 3.84. The standard InChI is InChI=1S/C14H28N2S/c1-17-12-5-4-11-16-10-3-2-8-14(16)13-7-6-9-15-13/h13-15H,2-12H2,1H3. The molecule has 2 heterocycles. The minimum absolute atomic E-state index is 0.802. The highest BCUT2D eigenvalue weighted by Gasteiger charge is 2.30. The second-order valence-corrected chi connectivity index (χ2v) is 6.49. The maximum absolute atomic E-state index is 3.71. The van der Waals surface area contributed by atoms with Gasteiger partial charge in [0.25, 0.3) is 0 Å². The van der Waals surface area contributed by atoms with Crippen LogP contribution >= 0.6 is 11.8 Å². The lowest BCUT2D eigenvalue weighted by molar-refractivity contribution is 0.118. The van der Waals surface area contributed by atoms with Gasteiger partial charge in [-0.25, -0.2) is 0 Å². The molecular formula is C14H28N2S. The zero-order chi connectivity index (χ0) is 11.9. The van der Waals surface area contributed by atoms with Gasteiger partial charge in [-0.2, -0.15) is 11.8 Å². The Kier molecular flexibility index (Phi) is 6.16. The highest BCUT2D eigenvalue weighted by Crippen LogP contribution is 2.24. The van der Waals surface area contributed by atoms with Crippen molar-refractivity contribution in [3.8, 4) is 0 Å². The molecule has 0 aromatic rings. The molecule has 2 aliphatic rings. The van der Waals surface area contributed by atoms with Crippen molar-refractivity contribution >= 4 is 11.8 Å². The summed E-state index contributed by atoms with van der Waals surface area (Å²) in [6.45, 7) is 3.94. The number of hydrogen-bond donors (Lipinski definition) is 1. The predicted molar refractivity (Wildman–Crippen MR) is 77.9 cm³/mol. The van der Waals surface area contributed by atoms with E-state index in [9.17, 15) is 0 Å². The van der Waals surface area contributed by atoms with Gasteiger partial charge in [-0.3, -0.25) is 4.90 Å². The third-order valence-corrected chi connectivity index (χ3v) is 4.97. The van der Waals surface area contributed by atoms with Crippen molar-refractivity contribution in [1.82, 2.24) is 10.2 Å². The summed E-state index contributed by atoms with van der Waals surface area (Å²) in [5, 5.41) is 3.71. The third kappa shape index (κ3) is 4.15. The lowest BCUT2D eigenvalue weighted by Crippen LogP contribution is -2.50. The average Bonchev–Trinajstić information content (AvgIpc) is 2.89. The summed E-state index contributed by atoms with van der Waals surface area (Å²) in [5.41, 5.74) is 0. The van der Waals surface area contributed by atoms with E-state index in [1.165, 1.54) is 70.3 Å². The van der Waals surface area contributed by atoms with E-state index in [2.05, 4.69) is 16.5 Å². The molecule has 100 valence electrons. The molecule has 0 aromatic carbocycles. The fourth-order valence-electron chi connectivity index (χ4n) is 3.35. The van der Waals surface area contributed by atoms with Gasteiger partial charge in [-0.05, 0) is 70.2 Å². The average molecular weight is 256 g/mol. The highest BCUT2D eigenvalue weighted by atomic mass is 32.2. The first-order chi connectivity index (χ1) is 8.42. The Labute approximate surface area is 111 Å². The molecule has 2 rings (SSSR count). The van der Waals surface area contributed by atoms with Crippen molar-refractivity contribution < 1.29 is 0 Å². The van der Waals surface area contributed by atoms with Gasteiger partial charge >= 0.3 is 0 Å². The number of likely N-dealkylation sites (tertiary alicyclic amines) is 1. The van der Waals surface area contributed by atoms with Gasteiger partial charge in [0.15, 0.2) is 0 Å².